The number of furan rings is 2. The van der Waals surface area contributed by atoms with E-state index >= 15 is 0 Å². The molecule has 9 aromatic carbocycles. The van der Waals surface area contributed by atoms with E-state index in [1.807, 2.05) is 12.1 Å². The second kappa shape index (κ2) is 11.7. The van der Waals surface area contributed by atoms with Crippen molar-refractivity contribution >= 4 is 60.9 Å². The van der Waals surface area contributed by atoms with Crippen molar-refractivity contribution in [2.24, 2.45) is 0 Å². The van der Waals surface area contributed by atoms with Crippen molar-refractivity contribution in [1.82, 2.24) is 0 Å². The molecule has 270 valence electrons. The molecule has 0 saturated carbocycles. The topological polar surface area (TPSA) is 29.5 Å². The number of hydrogen-bond donors (Lipinski definition) is 0. The summed E-state index contributed by atoms with van der Waals surface area (Å²) in [6.07, 6.45) is 0. The van der Waals surface area contributed by atoms with E-state index in [2.05, 4.69) is 193 Å². The third kappa shape index (κ3) is 4.07. The van der Waals surface area contributed by atoms with E-state index < -0.39 is 5.41 Å². The number of rotatable bonds is 4. The third-order valence-electron chi connectivity index (χ3n) is 12.7. The van der Waals surface area contributed by atoms with Crippen molar-refractivity contribution in [2.45, 2.75) is 5.41 Å². The Hall–Kier alpha value is -7.62. The van der Waals surface area contributed by atoms with Crippen LogP contribution >= 0.6 is 0 Å². The highest BCUT2D eigenvalue weighted by atomic mass is 16.3. The van der Waals surface area contributed by atoms with Gasteiger partial charge in [0.25, 0.3) is 0 Å². The van der Waals surface area contributed by atoms with Gasteiger partial charge in [-0.3, -0.25) is 0 Å². The molecule has 3 nitrogen and oxygen atoms in total. The molecular weight excluding hydrogens is 707 g/mol. The van der Waals surface area contributed by atoms with Gasteiger partial charge < -0.3 is 13.7 Å². The van der Waals surface area contributed by atoms with Gasteiger partial charge in [0.1, 0.15) is 22.3 Å². The molecule has 1 spiro atoms. The Morgan fingerprint density at radius 2 is 0.948 bits per heavy atom. The van der Waals surface area contributed by atoms with Gasteiger partial charge in [0, 0.05) is 38.7 Å². The summed E-state index contributed by atoms with van der Waals surface area (Å²) in [6.45, 7) is 0. The highest BCUT2D eigenvalue weighted by Gasteiger charge is 2.52. The summed E-state index contributed by atoms with van der Waals surface area (Å²) >= 11 is 0. The van der Waals surface area contributed by atoms with E-state index in [9.17, 15) is 0 Å². The summed E-state index contributed by atoms with van der Waals surface area (Å²) in [4.78, 5) is 2.44. The molecule has 0 radical (unpaired) electrons. The van der Waals surface area contributed by atoms with Crippen LogP contribution in [0.4, 0.5) is 17.1 Å². The Morgan fingerprint density at radius 1 is 0.362 bits per heavy atom. The zero-order valence-electron chi connectivity index (χ0n) is 31.3. The van der Waals surface area contributed by atoms with Crippen LogP contribution in [-0.2, 0) is 5.41 Å². The number of fused-ring (bicyclic) bond motifs is 17. The highest BCUT2D eigenvalue weighted by molar-refractivity contribution is 6.23. The fourth-order valence-corrected chi connectivity index (χ4v) is 10.4. The summed E-state index contributed by atoms with van der Waals surface area (Å²) in [5, 5.41) is 4.25. The lowest BCUT2D eigenvalue weighted by molar-refractivity contribution is 0.663. The molecule has 2 aromatic heterocycles. The molecule has 58 heavy (non-hydrogen) atoms. The fraction of sp³-hybridized carbons (Fsp3) is 0.0182. The minimum atomic E-state index is -0.429. The number of anilines is 3. The lowest BCUT2D eigenvalue weighted by Gasteiger charge is -2.32. The fourth-order valence-electron chi connectivity index (χ4n) is 10.4. The smallest absolute Gasteiger partial charge is 0.147 e. The van der Waals surface area contributed by atoms with E-state index in [1.165, 1.54) is 44.5 Å². The van der Waals surface area contributed by atoms with Gasteiger partial charge in [-0.2, -0.15) is 0 Å². The molecule has 0 amide bonds. The van der Waals surface area contributed by atoms with Crippen molar-refractivity contribution in [1.29, 1.82) is 0 Å². The van der Waals surface area contributed by atoms with Crippen LogP contribution in [0.15, 0.2) is 209 Å². The van der Waals surface area contributed by atoms with Crippen LogP contribution in [0.1, 0.15) is 22.3 Å². The molecule has 0 fully saturated rings. The molecule has 0 aliphatic heterocycles. The molecule has 0 atom stereocenters. The molecular formula is C55H33NO2. The normalized spacial score (nSPS) is 13.3. The average molecular weight is 740 g/mol. The Labute approximate surface area is 334 Å². The summed E-state index contributed by atoms with van der Waals surface area (Å²) in [5.41, 5.74) is 18.9. The Kier molecular flexibility index (Phi) is 6.37. The van der Waals surface area contributed by atoms with Gasteiger partial charge in [-0.25, -0.2) is 0 Å². The second-order valence-corrected chi connectivity index (χ2v) is 15.5. The van der Waals surface area contributed by atoms with E-state index in [0.717, 1.165) is 72.1 Å². The van der Waals surface area contributed by atoms with Crippen LogP contribution in [0.5, 0.6) is 0 Å². The van der Waals surface area contributed by atoms with E-state index in [4.69, 9.17) is 8.83 Å². The average Bonchev–Trinajstić information content (AvgIpc) is 4.02. The highest BCUT2D eigenvalue weighted by Crippen LogP contribution is 2.64. The zero-order chi connectivity index (χ0) is 38.0. The van der Waals surface area contributed by atoms with Gasteiger partial charge in [0.05, 0.1) is 16.5 Å². The Balaban J connectivity index is 1.04. The number of benzene rings is 9. The Morgan fingerprint density at radius 3 is 1.76 bits per heavy atom. The quantitative estimate of drug-likeness (QED) is 0.180. The van der Waals surface area contributed by atoms with Crippen LogP contribution < -0.4 is 4.90 Å². The summed E-state index contributed by atoms with van der Waals surface area (Å²) < 4.78 is 13.2. The zero-order valence-corrected chi connectivity index (χ0v) is 31.3. The predicted octanol–water partition coefficient (Wildman–Crippen LogP) is 15.0. The molecule has 0 bridgehead atoms. The van der Waals surface area contributed by atoms with Gasteiger partial charge in [-0.15, -0.1) is 0 Å². The van der Waals surface area contributed by atoms with Crippen LogP contribution in [0.3, 0.4) is 0 Å². The monoisotopic (exact) mass is 739 g/mol. The first-order valence-electron chi connectivity index (χ1n) is 19.9. The summed E-state index contributed by atoms with van der Waals surface area (Å²) in [6, 6.07) is 72.5. The molecule has 2 aliphatic carbocycles. The summed E-state index contributed by atoms with van der Waals surface area (Å²) in [7, 11) is 0. The van der Waals surface area contributed by atoms with Gasteiger partial charge in [-0.1, -0.05) is 152 Å². The largest absolute Gasteiger partial charge is 0.456 e. The first-order valence-corrected chi connectivity index (χ1v) is 19.9. The molecule has 13 rings (SSSR count). The molecule has 2 heterocycles. The SMILES string of the molecule is c1ccc(N(c2cccc(-c3cccc4c3oc3c4ccc4oc5ccccc5c43)c2)c2cccc3c2-c2ccccc2C32c3ccccc3-c3ccccc32)cc1. The van der Waals surface area contributed by atoms with Crippen LogP contribution in [0, 0.1) is 0 Å². The maximum atomic E-state index is 6.92. The second-order valence-electron chi connectivity index (χ2n) is 15.5. The molecule has 0 unspecified atom stereocenters. The van der Waals surface area contributed by atoms with Gasteiger partial charge in [0.15, 0.2) is 0 Å². The maximum Gasteiger partial charge on any atom is 0.147 e. The minimum Gasteiger partial charge on any atom is -0.456 e. The lowest BCUT2D eigenvalue weighted by atomic mass is 9.70. The molecule has 11 aromatic rings. The maximum absolute atomic E-state index is 6.92. The predicted molar refractivity (Wildman–Crippen MR) is 237 cm³/mol. The van der Waals surface area contributed by atoms with E-state index in [-0.39, 0.29) is 0 Å². The molecule has 0 saturated heterocycles. The van der Waals surface area contributed by atoms with Crippen molar-refractivity contribution in [3.8, 4) is 33.4 Å². The van der Waals surface area contributed by atoms with E-state index in [0.29, 0.717) is 0 Å². The number of hydrogen-bond acceptors (Lipinski definition) is 3. The molecule has 0 N–H and O–H groups in total. The van der Waals surface area contributed by atoms with Crippen molar-refractivity contribution in [3.63, 3.8) is 0 Å². The van der Waals surface area contributed by atoms with Crippen molar-refractivity contribution < 1.29 is 8.83 Å². The number of nitrogens with zero attached hydrogens (tertiary/aromatic N) is 1. The van der Waals surface area contributed by atoms with Gasteiger partial charge in [0.2, 0.25) is 0 Å². The molecule has 2 aliphatic rings. The lowest BCUT2D eigenvalue weighted by Crippen LogP contribution is -2.26. The minimum absolute atomic E-state index is 0.429. The van der Waals surface area contributed by atoms with Crippen LogP contribution in [0.25, 0.3) is 77.3 Å². The van der Waals surface area contributed by atoms with Crippen LogP contribution in [-0.4, -0.2) is 0 Å². The first-order chi connectivity index (χ1) is 28.8. The first kappa shape index (κ1) is 31.6. The number of para-hydroxylation sites is 3. The third-order valence-corrected chi connectivity index (χ3v) is 12.7. The molecule has 3 heteroatoms. The van der Waals surface area contributed by atoms with Gasteiger partial charge >= 0.3 is 0 Å². The van der Waals surface area contributed by atoms with Crippen molar-refractivity contribution in [3.05, 3.63) is 222 Å². The standard InChI is InChI=1S/C55H33NO2/c1-2-16-35(17-3-1)56(48-29-14-28-47-51(48)42-21-6-10-27-46(42)55(47)44-25-8-4-19-38(44)39-20-5-9-26-45(39)55)36-18-12-15-34(33-36)37-23-13-24-40-41-31-32-50-52(54(41)58-53(37)40)43-22-7-11-30-49(43)57-50/h1-33H. The summed E-state index contributed by atoms with van der Waals surface area (Å²) in [5.74, 6) is 0. The van der Waals surface area contributed by atoms with E-state index in [1.54, 1.807) is 0 Å². The van der Waals surface area contributed by atoms with Gasteiger partial charge in [-0.05, 0) is 93.0 Å². The van der Waals surface area contributed by atoms with Crippen molar-refractivity contribution in [2.75, 3.05) is 4.90 Å². The van der Waals surface area contributed by atoms with Crippen LogP contribution in [0.2, 0.25) is 0 Å². The Bertz CT molecular complexity index is 3430.